The van der Waals surface area contributed by atoms with E-state index in [-0.39, 0.29) is 0 Å². The standard InChI is InChI=1S/C18H21NOS/c1-19(2)11-12-21-18-13-14-7-3-5-9-16(14)20-17-10-6-4-8-15(17)18/h3-10,18H,11-13H2,1-2H3. The van der Waals surface area contributed by atoms with Crippen LogP contribution in [0.15, 0.2) is 48.5 Å². The number of hydrogen-bond donors (Lipinski definition) is 0. The minimum absolute atomic E-state index is 0.463. The van der Waals surface area contributed by atoms with Crippen LogP contribution in [0.25, 0.3) is 0 Å². The van der Waals surface area contributed by atoms with E-state index in [9.17, 15) is 0 Å². The Morgan fingerprint density at radius 1 is 1.05 bits per heavy atom. The van der Waals surface area contributed by atoms with Crippen molar-refractivity contribution < 1.29 is 4.74 Å². The molecule has 0 bridgehead atoms. The molecular weight excluding hydrogens is 278 g/mol. The minimum Gasteiger partial charge on any atom is -0.457 e. The highest BCUT2D eigenvalue weighted by Gasteiger charge is 2.23. The maximum absolute atomic E-state index is 6.14. The molecule has 1 aliphatic rings. The van der Waals surface area contributed by atoms with E-state index in [1.807, 2.05) is 23.9 Å². The summed E-state index contributed by atoms with van der Waals surface area (Å²) in [4.78, 5) is 2.24. The van der Waals surface area contributed by atoms with Gasteiger partial charge in [-0.05, 0) is 38.2 Å². The number of ether oxygens (including phenoxy) is 1. The predicted molar refractivity (Wildman–Crippen MR) is 90.4 cm³/mol. The van der Waals surface area contributed by atoms with Crippen LogP contribution in [-0.4, -0.2) is 31.3 Å². The average molecular weight is 299 g/mol. The first kappa shape index (κ1) is 14.5. The van der Waals surface area contributed by atoms with E-state index >= 15 is 0 Å². The number of fused-ring (bicyclic) bond motifs is 2. The van der Waals surface area contributed by atoms with E-state index in [2.05, 4.69) is 55.4 Å². The zero-order valence-electron chi connectivity index (χ0n) is 12.6. The van der Waals surface area contributed by atoms with Crippen LogP contribution in [0.2, 0.25) is 0 Å². The first-order valence-electron chi connectivity index (χ1n) is 7.35. The highest BCUT2D eigenvalue weighted by Crippen LogP contribution is 2.43. The van der Waals surface area contributed by atoms with Gasteiger partial charge in [0.1, 0.15) is 11.5 Å². The van der Waals surface area contributed by atoms with Crippen LogP contribution < -0.4 is 4.74 Å². The molecule has 2 aromatic carbocycles. The Kier molecular flexibility index (Phi) is 4.51. The summed E-state index contributed by atoms with van der Waals surface area (Å²) in [7, 11) is 4.25. The van der Waals surface area contributed by atoms with Crippen molar-refractivity contribution in [2.24, 2.45) is 0 Å². The lowest BCUT2D eigenvalue weighted by molar-refractivity contribution is 0.437. The van der Waals surface area contributed by atoms with Crippen molar-refractivity contribution in [3.05, 3.63) is 59.7 Å². The first-order valence-corrected chi connectivity index (χ1v) is 8.40. The van der Waals surface area contributed by atoms with Gasteiger partial charge in [0, 0.05) is 23.1 Å². The zero-order valence-corrected chi connectivity index (χ0v) is 13.4. The van der Waals surface area contributed by atoms with Gasteiger partial charge in [-0.2, -0.15) is 11.8 Å². The molecule has 21 heavy (non-hydrogen) atoms. The monoisotopic (exact) mass is 299 g/mol. The number of nitrogens with zero attached hydrogens (tertiary/aromatic N) is 1. The lowest BCUT2D eigenvalue weighted by Crippen LogP contribution is -2.15. The molecule has 110 valence electrons. The fraction of sp³-hybridized carbons (Fsp3) is 0.333. The Hall–Kier alpha value is -1.45. The van der Waals surface area contributed by atoms with Crippen LogP contribution in [0.4, 0.5) is 0 Å². The maximum Gasteiger partial charge on any atom is 0.131 e. The van der Waals surface area contributed by atoms with Crippen molar-refractivity contribution in [3.8, 4) is 11.5 Å². The minimum atomic E-state index is 0.463. The number of thioether (sulfide) groups is 1. The van der Waals surface area contributed by atoms with E-state index in [0.29, 0.717) is 5.25 Å². The van der Waals surface area contributed by atoms with Crippen molar-refractivity contribution in [3.63, 3.8) is 0 Å². The Labute approximate surface area is 131 Å². The van der Waals surface area contributed by atoms with Gasteiger partial charge in [0.25, 0.3) is 0 Å². The molecule has 0 spiro atoms. The quantitative estimate of drug-likeness (QED) is 0.832. The lowest BCUT2D eigenvalue weighted by atomic mass is 10.0. The average Bonchev–Trinajstić information content (AvgIpc) is 2.63. The van der Waals surface area contributed by atoms with Crippen LogP contribution >= 0.6 is 11.8 Å². The van der Waals surface area contributed by atoms with Gasteiger partial charge in [-0.25, -0.2) is 0 Å². The number of rotatable bonds is 4. The van der Waals surface area contributed by atoms with Gasteiger partial charge in [-0.3, -0.25) is 0 Å². The molecule has 1 aliphatic heterocycles. The molecule has 0 N–H and O–H groups in total. The Balaban J connectivity index is 1.88. The summed E-state index contributed by atoms with van der Waals surface area (Å²) in [6, 6.07) is 16.8. The lowest BCUT2D eigenvalue weighted by Gasteiger charge is -2.17. The molecule has 1 atom stereocenters. The second-order valence-corrected chi connectivity index (χ2v) is 6.93. The normalized spacial score (nSPS) is 16.8. The summed E-state index contributed by atoms with van der Waals surface area (Å²) in [6.45, 7) is 1.10. The second-order valence-electron chi connectivity index (χ2n) is 5.61. The fourth-order valence-electron chi connectivity index (χ4n) is 2.57. The highest BCUT2D eigenvalue weighted by atomic mass is 32.2. The third-order valence-corrected chi connectivity index (χ3v) is 4.96. The third kappa shape index (κ3) is 3.42. The Morgan fingerprint density at radius 3 is 2.57 bits per heavy atom. The van der Waals surface area contributed by atoms with Gasteiger partial charge in [0.2, 0.25) is 0 Å². The molecule has 1 heterocycles. The van der Waals surface area contributed by atoms with E-state index in [4.69, 9.17) is 4.74 Å². The molecule has 0 radical (unpaired) electrons. The summed E-state index contributed by atoms with van der Waals surface area (Å²) in [5.41, 5.74) is 2.62. The Morgan fingerprint density at radius 2 is 1.76 bits per heavy atom. The molecule has 0 saturated carbocycles. The van der Waals surface area contributed by atoms with Gasteiger partial charge in [-0.15, -0.1) is 0 Å². The molecule has 0 amide bonds. The van der Waals surface area contributed by atoms with Crippen molar-refractivity contribution in [1.82, 2.24) is 4.90 Å². The smallest absolute Gasteiger partial charge is 0.131 e. The first-order chi connectivity index (χ1) is 10.2. The summed E-state index contributed by atoms with van der Waals surface area (Å²) in [5.74, 6) is 3.14. The van der Waals surface area contributed by atoms with E-state index < -0.39 is 0 Å². The van der Waals surface area contributed by atoms with Crippen LogP contribution in [0.3, 0.4) is 0 Å². The molecule has 0 saturated heterocycles. The van der Waals surface area contributed by atoms with Gasteiger partial charge in [0.15, 0.2) is 0 Å². The second kappa shape index (κ2) is 6.54. The summed E-state index contributed by atoms with van der Waals surface area (Å²) >= 11 is 2.02. The van der Waals surface area contributed by atoms with E-state index in [1.165, 1.54) is 11.1 Å². The molecule has 2 nitrogen and oxygen atoms in total. The van der Waals surface area contributed by atoms with Crippen LogP contribution in [-0.2, 0) is 6.42 Å². The molecule has 0 aliphatic carbocycles. The molecule has 1 unspecified atom stereocenters. The van der Waals surface area contributed by atoms with Crippen LogP contribution in [0, 0.1) is 0 Å². The SMILES string of the molecule is CN(C)CCSC1Cc2ccccc2Oc2ccccc21. The molecule has 3 heteroatoms. The highest BCUT2D eigenvalue weighted by molar-refractivity contribution is 7.99. The van der Waals surface area contributed by atoms with Gasteiger partial charge < -0.3 is 9.64 Å². The molecule has 2 aromatic rings. The van der Waals surface area contributed by atoms with Crippen molar-refractivity contribution in [1.29, 1.82) is 0 Å². The van der Waals surface area contributed by atoms with Gasteiger partial charge in [0.05, 0.1) is 0 Å². The zero-order chi connectivity index (χ0) is 14.7. The topological polar surface area (TPSA) is 12.5 Å². The van der Waals surface area contributed by atoms with E-state index in [1.54, 1.807) is 0 Å². The van der Waals surface area contributed by atoms with Crippen LogP contribution in [0.5, 0.6) is 11.5 Å². The molecule has 3 rings (SSSR count). The maximum atomic E-state index is 6.14. The third-order valence-electron chi connectivity index (χ3n) is 3.72. The van der Waals surface area contributed by atoms with Crippen molar-refractivity contribution in [2.45, 2.75) is 11.7 Å². The largest absolute Gasteiger partial charge is 0.457 e. The summed E-state index contributed by atoms with van der Waals surface area (Å²) in [6.07, 6.45) is 1.03. The Bertz CT molecular complexity index is 612. The summed E-state index contributed by atoms with van der Waals surface area (Å²) in [5, 5.41) is 0.463. The van der Waals surface area contributed by atoms with Crippen molar-refractivity contribution >= 4 is 11.8 Å². The number of benzene rings is 2. The number of para-hydroxylation sites is 2. The van der Waals surface area contributed by atoms with Crippen molar-refractivity contribution in [2.75, 3.05) is 26.4 Å². The van der Waals surface area contributed by atoms with Crippen LogP contribution in [0.1, 0.15) is 16.4 Å². The fourth-order valence-corrected chi connectivity index (χ4v) is 3.99. The molecule has 0 fully saturated rings. The molecular formula is C18H21NOS. The predicted octanol–water partition coefficient (Wildman–Crippen LogP) is 4.37. The van der Waals surface area contributed by atoms with E-state index in [0.717, 1.165) is 30.2 Å². The summed E-state index contributed by atoms with van der Waals surface area (Å²) < 4.78 is 6.14. The van der Waals surface area contributed by atoms with Gasteiger partial charge >= 0.3 is 0 Å². The molecule has 0 aromatic heterocycles. The van der Waals surface area contributed by atoms with Gasteiger partial charge in [-0.1, -0.05) is 36.4 Å². The number of hydrogen-bond acceptors (Lipinski definition) is 3.